The molecule has 0 aliphatic carbocycles. The van der Waals surface area contributed by atoms with Crippen LogP contribution in [0.2, 0.25) is 0 Å². The van der Waals surface area contributed by atoms with Crippen molar-refractivity contribution in [2.45, 2.75) is 0 Å². The molecule has 0 aliphatic heterocycles. The molecular weight excluding hydrogens is 358 g/mol. The SMILES string of the molecule is O=C(Nc1cccc2nsnc12)c1ccc2c(c1)ncn2-c1ccccc1. The van der Waals surface area contributed by atoms with Crippen LogP contribution < -0.4 is 5.32 Å². The number of imidazole rings is 1. The summed E-state index contributed by atoms with van der Waals surface area (Å²) in [5.74, 6) is -0.202. The Balaban J connectivity index is 1.48. The number of aromatic nitrogens is 4. The zero-order chi connectivity index (χ0) is 18.2. The highest BCUT2D eigenvalue weighted by molar-refractivity contribution is 7.00. The Hall–Kier alpha value is -3.58. The van der Waals surface area contributed by atoms with E-state index in [1.54, 1.807) is 18.5 Å². The van der Waals surface area contributed by atoms with Crippen molar-refractivity contribution in [1.29, 1.82) is 0 Å². The fraction of sp³-hybridized carbons (Fsp3) is 0. The lowest BCUT2D eigenvalue weighted by Gasteiger charge is -2.07. The molecule has 2 heterocycles. The van der Waals surface area contributed by atoms with E-state index in [9.17, 15) is 4.79 Å². The molecule has 6 nitrogen and oxygen atoms in total. The van der Waals surface area contributed by atoms with Gasteiger partial charge >= 0.3 is 0 Å². The van der Waals surface area contributed by atoms with Gasteiger partial charge in [-0.3, -0.25) is 9.36 Å². The maximum absolute atomic E-state index is 12.7. The predicted octanol–water partition coefficient (Wildman–Crippen LogP) is 4.28. The van der Waals surface area contributed by atoms with Gasteiger partial charge in [-0.15, -0.1) is 0 Å². The van der Waals surface area contributed by atoms with E-state index in [4.69, 9.17) is 0 Å². The van der Waals surface area contributed by atoms with Gasteiger partial charge < -0.3 is 5.32 Å². The van der Waals surface area contributed by atoms with Gasteiger partial charge in [-0.2, -0.15) is 8.75 Å². The fourth-order valence-corrected chi connectivity index (χ4v) is 3.60. The van der Waals surface area contributed by atoms with E-state index in [1.165, 1.54) is 0 Å². The third kappa shape index (κ3) is 2.74. The van der Waals surface area contributed by atoms with Gasteiger partial charge in [0.15, 0.2) is 0 Å². The van der Waals surface area contributed by atoms with Crippen LogP contribution in [-0.4, -0.2) is 24.2 Å². The first kappa shape index (κ1) is 15.7. The topological polar surface area (TPSA) is 72.7 Å². The fourth-order valence-electron chi connectivity index (χ4n) is 3.05. The molecule has 5 rings (SSSR count). The van der Waals surface area contributed by atoms with Crippen molar-refractivity contribution in [3.63, 3.8) is 0 Å². The Morgan fingerprint density at radius 1 is 0.926 bits per heavy atom. The van der Waals surface area contributed by atoms with Crippen LogP contribution in [-0.2, 0) is 0 Å². The van der Waals surface area contributed by atoms with Crippen molar-refractivity contribution in [3.05, 3.63) is 78.6 Å². The van der Waals surface area contributed by atoms with Crippen LogP contribution in [0.5, 0.6) is 0 Å². The molecule has 0 fully saturated rings. The minimum absolute atomic E-state index is 0.202. The number of amides is 1. The molecule has 0 saturated heterocycles. The number of rotatable bonds is 3. The van der Waals surface area contributed by atoms with Gasteiger partial charge in [0.1, 0.15) is 17.4 Å². The highest BCUT2D eigenvalue weighted by Gasteiger charge is 2.13. The second kappa shape index (κ2) is 6.30. The van der Waals surface area contributed by atoms with E-state index in [2.05, 4.69) is 19.0 Å². The zero-order valence-electron chi connectivity index (χ0n) is 14.0. The minimum Gasteiger partial charge on any atom is -0.320 e. The number of carbonyl (C=O) groups is 1. The van der Waals surface area contributed by atoms with Gasteiger partial charge in [-0.1, -0.05) is 24.3 Å². The summed E-state index contributed by atoms with van der Waals surface area (Å²) in [6.07, 6.45) is 1.77. The maximum Gasteiger partial charge on any atom is 0.255 e. The highest BCUT2D eigenvalue weighted by atomic mass is 32.1. The zero-order valence-corrected chi connectivity index (χ0v) is 14.9. The second-order valence-electron chi connectivity index (χ2n) is 6.05. The first-order chi connectivity index (χ1) is 13.3. The summed E-state index contributed by atoms with van der Waals surface area (Å²) < 4.78 is 10.4. The largest absolute Gasteiger partial charge is 0.320 e. The van der Waals surface area contributed by atoms with Gasteiger partial charge in [-0.25, -0.2) is 4.98 Å². The van der Waals surface area contributed by atoms with Crippen LogP contribution in [0, 0.1) is 0 Å². The number of fused-ring (bicyclic) bond motifs is 2. The van der Waals surface area contributed by atoms with Crippen LogP contribution in [0.3, 0.4) is 0 Å². The Bertz CT molecular complexity index is 1280. The summed E-state index contributed by atoms with van der Waals surface area (Å²) in [6, 6.07) is 21.0. The summed E-state index contributed by atoms with van der Waals surface area (Å²) in [7, 11) is 0. The van der Waals surface area contributed by atoms with Crippen molar-refractivity contribution in [2.75, 3.05) is 5.32 Å². The monoisotopic (exact) mass is 371 g/mol. The number of anilines is 1. The van der Waals surface area contributed by atoms with Gasteiger partial charge in [-0.05, 0) is 42.5 Å². The standard InChI is InChI=1S/C20H13N5OS/c26-20(22-15-7-4-8-16-19(15)24-27-23-16)13-9-10-18-17(11-13)21-12-25(18)14-5-2-1-3-6-14/h1-12H,(H,22,26). The molecule has 3 aromatic carbocycles. The number of nitrogens with zero attached hydrogens (tertiary/aromatic N) is 4. The molecule has 0 unspecified atom stereocenters. The Kier molecular flexibility index (Phi) is 3.65. The number of carbonyl (C=O) groups excluding carboxylic acids is 1. The highest BCUT2D eigenvalue weighted by Crippen LogP contribution is 2.23. The van der Waals surface area contributed by atoms with Gasteiger partial charge in [0.05, 0.1) is 28.4 Å². The summed E-state index contributed by atoms with van der Waals surface area (Å²) in [4.78, 5) is 17.2. The summed E-state index contributed by atoms with van der Waals surface area (Å²) in [6.45, 7) is 0. The van der Waals surface area contributed by atoms with Crippen LogP contribution in [0.25, 0.3) is 27.8 Å². The third-order valence-corrected chi connectivity index (χ3v) is 4.92. The number of hydrogen-bond donors (Lipinski definition) is 1. The first-order valence-corrected chi connectivity index (χ1v) is 9.08. The van der Waals surface area contributed by atoms with E-state index < -0.39 is 0 Å². The molecule has 0 atom stereocenters. The summed E-state index contributed by atoms with van der Waals surface area (Å²) in [5, 5.41) is 2.92. The Morgan fingerprint density at radius 3 is 2.70 bits per heavy atom. The van der Waals surface area contributed by atoms with Crippen molar-refractivity contribution < 1.29 is 4.79 Å². The normalized spacial score (nSPS) is 11.1. The number of hydrogen-bond acceptors (Lipinski definition) is 5. The molecule has 7 heteroatoms. The average molecular weight is 371 g/mol. The van der Waals surface area contributed by atoms with Gasteiger partial charge in [0, 0.05) is 11.3 Å². The van der Waals surface area contributed by atoms with E-state index >= 15 is 0 Å². The van der Waals surface area contributed by atoms with Crippen molar-refractivity contribution in [3.8, 4) is 5.69 Å². The van der Waals surface area contributed by atoms with Crippen LogP contribution in [0.1, 0.15) is 10.4 Å². The molecular formula is C20H13N5OS. The van der Waals surface area contributed by atoms with E-state index in [-0.39, 0.29) is 5.91 Å². The molecule has 27 heavy (non-hydrogen) atoms. The van der Waals surface area contributed by atoms with Gasteiger partial charge in [0.25, 0.3) is 5.91 Å². The van der Waals surface area contributed by atoms with Crippen molar-refractivity contribution >= 4 is 45.4 Å². The van der Waals surface area contributed by atoms with Gasteiger partial charge in [0.2, 0.25) is 0 Å². The second-order valence-corrected chi connectivity index (χ2v) is 6.57. The third-order valence-electron chi connectivity index (χ3n) is 4.38. The van der Waals surface area contributed by atoms with Crippen LogP contribution >= 0.6 is 11.7 Å². The first-order valence-electron chi connectivity index (χ1n) is 8.35. The smallest absolute Gasteiger partial charge is 0.255 e. The number of para-hydroxylation sites is 1. The van der Waals surface area contributed by atoms with E-state index in [0.717, 1.165) is 34.0 Å². The summed E-state index contributed by atoms with van der Waals surface area (Å²) >= 11 is 1.13. The molecule has 5 aromatic rings. The molecule has 0 saturated carbocycles. The average Bonchev–Trinajstić information content (AvgIpc) is 3.35. The lowest BCUT2D eigenvalue weighted by Crippen LogP contribution is -2.12. The molecule has 0 aliphatic rings. The molecule has 1 N–H and O–H groups in total. The number of nitrogens with one attached hydrogen (secondary N) is 1. The molecule has 130 valence electrons. The van der Waals surface area contributed by atoms with Crippen LogP contribution in [0.15, 0.2) is 73.1 Å². The maximum atomic E-state index is 12.7. The molecule has 0 radical (unpaired) electrons. The summed E-state index contributed by atoms with van der Waals surface area (Å²) in [5.41, 5.74) is 5.41. The van der Waals surface area contributed by atoms with Crippen molar-refractivity contribution in [1.82, 2.24) is 18.3 Å². The minimum atomic E-state index is -0.202. The van der Waals surface area contributed by atoms with E-state index in [0.29, 0.717) is 16.8 Å². The Morgan fingerprint density at radius 2 is 1.81 bits per heavy atom. The van der Waals surface area contributed by atoms with Crippen LogP contribution in [0.4, 0.5) is 5.69 Å². The quantitative estimate of drug-likeness (QED) is 0.514. The molecule has 1 amide bonds. The van der Waals surface area contributed by atoms with Crippen molar-refractivity contribution in [2.24, 2.45) is 0 Å². The van der Waals surface area contributed by atoms with E-state index in [1.807, 2.05) is 59.2 Å². The number of benzene rings is 3. The predicted molar refractivity (Wildman–Crippen MR) is 106 cm³/mol. The molecule has 0 spiro atoms. The Labute approximate surface area is 158 Å². The lowest BCUT2D eigenvalue weighted by molar-refractivity contribution is 0.102. The molecule has 0 bridgehead atoms. The lowest BCUT2D eigenvalue weighted by atomic mass is 10.1. The molecule has 2 aromatic heterocycles.